The van der Waals surface area contributed by atoms with Gasteiger partial charge in [-0.3, -0.25) is 5.43 Å². The van der Waals surface area contributed by atoms with Crippen molar-refractivity contribution in [2.45, 2.75) is 6.54 Å². The molecule has 3 rings (SSSR count). The van der Waals surface area contributed by atoms with Gasteiger partial charge in [0.15, 0.2) is 0 Å². The van der Waals surface area contributed by atoms with Crippen molar-refractivity contribution in [2.24, 2.45) is 0 Å². The molecule has 3 nitrogen and oxygen atoms in total. The first kappa shape index (κ1) is 11.7. The molecule has 1 saturated heterocycles. The van der Waals surface area contributed by atoms with Crippen LogP contribution in [-0.2, 0) is 11.3 Å². The molecule has 18 heavy (non-hydrogen) atoms. The summed E-state index contributed by atoms with van der Waals surface area (Å²) in [5.41, 5.74) is 4.83. The van der Waals surface area contributed by atoms with E-state index in [9.17, 15) is 0 Å². The number of ether oxygens (including phenoxy) is 1. The van der Waals surface area contributed by atoms with E-state index in [1.807, 2.05) is 0 Å². The van der Waals surface area contributed by atoms with E-state index in [0.717, 1.165) is 32.8 Å². The van der Waals surface area contributed by atoms with E-state index >= 15 is 0 Å². The molecule has 0 aliphatic carbocycles. The maximum Gasteiger partial charge on any atom is 0.0608 e. The molecule has 2 aromatic rings. The third-order valence-corrected chi connectivity index (χ3v) is 3.38. The number of morpholine rings is 1. The summed E-state index contributed by atoms with van der Waals surface area (Å²) in [4.78, 5) is 0. The highest BCUT2D eigenvalue weighted by molar-refractivity contribution is 5.85. The van der Waals surface area contributed by atoms with Gasteiger partial charge in [-0.25, -0.2) is 5.01 Å². The lowest BCUT2D eigenvalue weighted by Gasteiger charge is -2.27. The van der Waals surface area contributed by atoms with Crippen LogP contribution in [0.2, 0.25) is 0 Å². The fourth-order valence-electron chi connectivity index (χ4n) is 2.37. The van der Waals surface area contributed by atoms with Crippen molar-refractivity contribution in [3.63, 3.8) is 0 Å². The van der Waals surface area contributed by atoms with Crippen molar-refractivity contribution < 1.29 is 4.74 Å². The minimum Gasteiger partial charge on any atom is -0.379 e. The van der Waals surface area contributed by atoms with Crippen LogP contribution in [0.15, 0.2) is 42.5 Å². The first-order valence-corrected chi connectivity index (χ1v) is 6.46. The van der Waals surface area contributed by atoms with E-state index in [0.29, 0.717) is 0 Å². The second-order valence-electron chi connectivity index (χ2n) is 4.57. The molecule has 94 valence electrons. The van der Waals surface area contributed by atoms with Gasteiger partial charge in [-0.2, -0.15) is 0 Å². The second-order valence-corrected chi connectivity index (χ2v) is 4.57. The summed E-state index contributed by atoms with van der Waals surface area (Å²) in [6.45, 7) is 4.45. The van der Waals surface area contributed by atoms with Crippen molar-refractivity contribution in [3.8, 4) is 0 Å². The maximum absolute atomic E-state index is 5.34. The zero-order chi connectivity index (χ0) is 12.2. The third-order valence-electron chi connectivity index (χ3n) is 3.38. The molecule has 2 aromatic carbocycles. The molecular weight excluding hydrogens is 224 g/mol. The molecule has 1 aliphatic heterocycles. The van der Waals surface area contributed by atoms with E-state index in [-0.39, 0.29) is 0 Å². The van der Waals surface area contributed by atoms with Crippen LogP contribution in [-0.4, -0.2) is 31.3 Å². The Morgan fingerprint density at radius 1 is 1.00 bits per heavy atom. The van der Waals surface area contributed by atoms with Crippen LogP contribution in [0.3, 0.4) is 0 Å². The Hall–Kier alpha value is -1.42. The summed E-state index contributed by atoms with van der Waals surface area (Å²) in [5.74, 6) is 0. The summed E-state index contributed by atoms with van der Waals surface area (Å²) in [6.07, 6.45) is 0. The van der Waals surface area contributed by atoms with Gasteiger partial charge in [-0.15, -0.1) is 0 Å². The van der Waals surface area contributed by atoms with Gasteiger partial charge in [-0.1, -0.05) is 42.5 Å². The normalized spacial score (nSPS) is 17.1. The van der Waals surface area contributed by atoms with Crippen molar-refractivity contribution >= 4 is 10.8 Å². The Balaban J connectivity index is 1.74. The Bertz CT molecular complexity index is 515. The number of fused-ring (bicyclic) bond motifs is 1. The van der Waals surface area contributed by atoms with Crippen LogP contribution >= 0.6 is 0 Å². The number of nitrogens with zero attached hydrogens (tertiary/aromatic N) is 1. The van der Waals surface area contributed by atoms with Crippen molar-refractivity contribution in [3.05, 3.63) is 48.0 Å². The number of hydrogen-bond donors (Lipinski definition) is 1. The Kier molecular flexibility index (Phi) is 3.55. The summed E-state index contributed by atoms with van der Waals surface area (Å²) >= 11 is 0. The van der Waals surface area contributed by atoms with Gasteiger partial charge in [0, 0.05) is 19.6 Å². The molecule has 0 aromatic heterocycles. The number of nitrogens with one attached hydrogen (secondary N) is 1. The summed E-state index contributed by atoms with van der Waals surface area (Å²) in [5, 5.41) is 4.88. The summed E-state index contributed by atoms with van der Waals surface area (Å²) < 4.78 is 5.34. The third kappa shape index (κ3) is 2.53. The van der Waals surface area contributed by atoms with Gasteiger partial charge >= 0.3 is 0 Å². The fourth-order valence-corrected chi connectivity index (χ4v) is 2.37. The van der Waals surface area contributed by atoms with Crippen molar-refractivity contribution in [1.29, 1.82) is 0 Å². The molecule has 0 spiro atoms. The molecule has 1 aliphatic rings. The fraction of sp³-hybridized carbons (Fsp3) is 0.333. The predicted octanol–water partition coefficient (Wildman–Crippen LogP) is 2.18. The number of hydrogen-bond acceptors (Lipinski definition) is 3. The van der Waals surface area contributed by atoms with Crippen LogP contribution in [0.5, 0.6) is 0 Å². The standard InChI is InChI=1S/C15H18N2O/c1-2-7-15-13(4-1)5-3-6-14(15)12-16-17-8-10-18-11-9-17/h1-7,16H,8-12H2. The van der Waals surface area contributed by atoms with E-state index in [1.165, 1.54) is 16.3 Å². The van der Waals surface area contributed by atoms with Crippen LogP contribution in [0.1, 0.15) is 5.56 Å². The van der Waals surface area contributed by atoms with Crippen LogP contribution in [0, 0.1) is 0 Å². The molecule has 1 heterocycles. The highest BCUT2D eigenvalue weighted by atomic mass is 16.5. The molecule has 0 unspecified atom stereocenters. The van der Waals surface area contributed by atoms with Crippen molar-refractivity contribution in [1.82, 2.24) is 10.4 Å². The van der Waals surface area contributed by atoms with Gasteiger partial charge in [0.25, 0.3) is 0 Å². The van der Waals surface area contributed by atoms with E-state index in [2.05, 4.69) is 52.9 Å². The van der Waals surface area contributed by atoms with Crippen LogP contribution < -0.4 is 5.43 Å². The van der Waals surface area contributed by atoms with Crippen LogP contribution in [0.4, 0.5) is 0 Å². The topological polar surface area (TPSA) is 24.5 Å². The zero-order valence-electron chi connectivity index (χ0n) is 10.4. The van der Waals surface area contributed by atoms with E-state index in [4.69, 9.17) is 4.74 Å². The van der Waals surface area contributed by atoms with E-state index in [1.54, 1.807) is 0 Å². The smallest absolute Gasteiger partial charge is 0.0608 e. The minimum absolute atomic E-state index is 0.822. The number of hydrazine groups is 1. The van der Waals surface area contributed by atoms with Crippen LogP contribution in [0.25, 0.3) is 10.8 Å². The second kappa shape index (κ2) is 5.48. The molecule has 1 N–H and O–H groups in total. The average molecular weight is 242 g/mol. The molecule has 3 heteroatoms. The molecule has 0 amide bonds. The number of benzene rings is 2. The maximum atomic E-state index is 5.34. The molecule has 0 radical (unpaired) electrons. The Morgan fingerprint density at radius 2 is 1.78 bits per heavy atom. The van der Waals surface area contributed by atoms with Gasteiger partial charge in [-0.05, 0) is 16.3 Å². The lowest BCUT2D eigenvalue weighted by molar-refractivity contribution is 0.0106. The zero-order valence-corrected chi connectivity index (χ0v) is 10.4. The van der Waals surface area contributed by atoms with Crippen molar-refractivity contribution in [2.75, 3.05) is 26.3 Å². The average Bonchev–Trinajstić information content (AvgIpc) is 2.46. The molecular formula is C15H18N2O. The Morgan fingerprint density at radius 3 is 2.67 bits per heavy atom. The monoisotopic (exact) mass is 242 g/mol. The first-order valence-electron chi connectivity index (χ1n) is 6.46. The largest absolute Gasteiger partial charge is 0.379 e. The Labute approximate surface area is 107 Å². The lowest BCUT2D eigenvalue weighted by Crippen LogP contribution is -2.45. The SMILES string of the molecule is c1ccc2c(CNN3CCOCC3)cccc2c1. The molecule has 0 atom stereocenters. The summed E-state index contributed by atoms with van der Waals surface area (Å²) in [6, 6.07) is 15.0. The molecule has 0 bridgehead atoms. The quantitative estimate of drug-likeness (QED) is 0.892. The van der Waals surface area contributed by atoms with Gasteiger partial charge in [0.2, 0.25) is 0 Å². The highest BCUT2D eigenvalue weighted by Gasteiger charge is 2.09. The first-order chi connectivity index (χ1) is 8.93. The van der Waals surface area contributed by atoms with Gasteiger partial charge in [0.1, 0.15) is 0 Å². The predicted molar refractivity (Wildman–Crippen MR) is 73.2 cm³/mol. The lowest BCUT2D eigenvalue weighted by atomic mass is 10.1. The summed E-state index contributed by atoms with van der Waals surface area (Å²) in [7, 11) is 0. The van der Waals surface area contributed by atoms with Gasteiger partial charge in [0.05, 0.1) is 13.2 Å². The number of rotatable bonds is 3. The highest BCUT2D eigenvalue weighted by Crippen LogP contribution is 2.18. The van der Waals surface area contributed by atoms with E-state index < -0.39 is 0 Å². The minimum atomic E-state index is 0.822. The van der Waals surface area contributed by atoms with Gasteiger partial charge < -0.3 is 4.74 Å². The molecule has 1 fully saturated rings. The molecule has 0 saturated carbocycles.